The van der Waals surface area contributed by atoms with Gasteiger partial charge < -0.3 is 10.1 Å². The van der Waals surface area contributed by atoms with Gasteiger partial charge in [0.2, 0.25) is 0 Å². The Morgan fingerprint density at radius 2 is 2.25 bits per heavy atom. The molecule has 20 heavy (non-hydrogen) atoms. The number of rotatable bonds is 7. The maximum Gasteiger partial charge on any atom is 0.0646 e. The Hall–Kier alpha value is -1.12. The molecule has 2 heteroatoms. The van der Waals surface area contributed by atoms with Gasteiger partial charge in [0.1, 0.15) is 0 Å². The van der Waals surface area contributed by atoms with Crippen molar-refractivity contribution >= 4 is 0 Å². The molecule has 0 aromatic carbocycles. The van der Waals surface area contributed by atoms with E-state index in [2.05, 4.69) is 57.0 Å². The zero-order chi connectivity index (χ0) is 15.0. The van der Waals surface area contributed by atoms with Crippen molar-refractivity contribution in [3.8, 4) is 0 Å². The highest BCUT2D eigenvalue weighted by Crippen LogP contribution is 2.24. The maximum absolute atomic E-state index is 5.06. The predicted molar refractivity (Wildman–Crippen MR) is 87.9 cm³/mol. The Morgan fingerprint density at radius 1 is 1.50 bits per heavy atom. The zero-order valence-corrected chi connectivity index (χ0v) is 13.4. The molecule has 0 aliphatic carbocycles. The van der Waals surface area contributed by atoms with Gasteiger partial charge in [0, 0.05) is 18.7 Å². The molecule has 1 unspecified atom stereocenters. The van der Waals surface area contributed by atoms with Crippen molar-refractivity contribution in [2.24, 2.45) is 0 Å². The summed E-state index contributed by atoms with van der Waals surface area (Å²) in [6.07, 6.45) is 14.1. The Kier molecular flexibility index (Phi) is 6.97. The molecule has 1 heterocycles. The lowest BCUT2D eigenvalue weighted by Gasteiger charge is -2.36. The molecule has 1 rings (SSSR count). The minimum Gasteiger partial charge on any atom is -0.381 e. The van der Waals surface area contributed by atoms with Crippen LogP contribution in [0.5, 0.6) is 0 Å². The standard InChI is InChI=1S/C18H29NO/c1-6-8-16-11-12-17(19-18(16,3)4)10-7-9-15(2)13-14-20-5/h6,8,11-13,17,19H,1,7,9-10,14H2,2-5H3/b15-13+,16-8-. The average Bonchev–Trinajstić information content (AvgIpc) is 2.39. The van der Waals surface area contributed by atoms with E-state index in [4.69, 9.17) is 4.74 Å². The molecule has 1 aliphatic rings. The molecule has 0 aromatic rings. The summed E-state index contributed by atoms with van der Waals surface area (Å²) in [7, 11) is 1.73. The van der Waals surface area contributed by atoms with Crippen LogP contribution in [0.2, 0.25) is 0 Å². The molecule has 1 atom stereocenters. The second-order valence-corrected chi connectivity index (χ2v) is 5.99. The lowest BCUT2D eigenvalue weighted by Crippen LogP contribution is -2.48. The minimum atomic E-state index is 0.0224. The first kappa shape index (κ1) is 16.9. The third kappa shape index (κ3) is 5.48. The Labute approximate surface area is 124 Å². The van der Waals surface area contributed by atoms with E-state index in [0.29, 0.717) is 6.04 Å². The highest BCUT2D eigenvalue weighted by atomic mass is 16.5. The van der Waals surface area contributed by atoms with E-state index < -0.39 is 0 Å². The summed E-state index contributed by atoms with van der Waals surface area (Å²) in [6, 6.07) is 0.460. The van der Waals surface area contributed by atoms with E-state index in [1.165, 1.54) is 24.0 Å². The molecule has 1 aliphatic heterocycles. The number of nitrogens with one attached hydrogen (secondary N) is 1. The smallest absolute Gasteiger partial charge is 0.0646 e. The van der Waals surface area contributed by atoms with Crippen molar-refractivity contribution in [1.82, 2.24) is 5.32 Å². The molecular weight excluding hydrogens is 246 g/mol. The van der Waals surface area contributed by atoms with Gasteiger partial charge in [0.05, 0.1) is 6.61 Å². The molecule has 0 amide bonds. The van der Waals surface area contributed by atoms with Crippen LogP contribution < -0.4 is 5.32 Å². The normalized spacial score (nSPS) is 24.1. The fourth-order valence-corrected chi connectivity index (χ4v) is 2.51. The van der Waals surface area contributed by atoms with Crippen molar-refractivity contribution in [1.29, 1.82) is 0 Å². The highest BCUT2D eigenvalue weighted by molar-refractivity contribution is 5.36. The Balaban J connectivity index is 2.46. The number of hydrogen-bond donors (Lipinski definition) is 1. The molecule has 0 bridgehead atoms. The molecule has 0 saturated carbocycles. The molecule has 0 fully saturated rings. The van der Waals surface area contributed by atoms with Crippen molar-refractivity contribution in [3.05, 3.63) is 48.1 Å². The van der Waals surface area contributed by atoms with Crippen molar-refractivity contribution in [3.63, 3.8) is 0 Å². The minimum absolute atomic E-state index is 0.0224. The van der Waals surface area contributed by atoms with E-state index in [9.17, 15) is 0 Å². The summed E-state index contributed by atoms with van der Waals surface area (Å²) >= 11 is 0. The third-order valence-corrected chi connectivity index (χ3v) is 3.76. The van der Waals surface area contributed by atoms with E-state index in [1.807, 2.05) is 6.08 Å². The summed E-state index contributed by atoms with van der Waals surface area (Å²) in [4.78, 5) is 0. The summed E-state index contributed by atoms with van der Waals surface area (Å²) < 4.78 is 5.06. The molecule has 1 N–H and O–H groups in total. The lowest BCUT2D eigenvalue weighted by molar-refractivity contribution is 0.233. The van der Waals surface area contributed by atoms with Crippen LogP contribution in [0.15, 0.2) is 48.1 Å². The monoisotopic (exact) mass is 275 g/mol. The van der Waals surface area contributed by atoms with Gasteiger partial charge in [-0.25, -0.2) is 0 Å². The summed E-state index contributed by atoms with van der Waals surface area (Å²) in [5.74, 6) is 0. The molecule has 112 valence electrons. The SMILES string of the molecule is C=C/C=C1/C=CC(CCC/C(C)=C/COC)NC1(C)C. The summed E-state index contributed by atoms with van der Waals surface area (Å²) in [6.45, 7) is 11.1. The van der Waals surface area contributed by atoms with Gasteiger partial charge in [-0.3, -0.25) is 0 Å². The van der Waals surface area contributed by atoms with Gasteiger partial charge in [0.25, 0.3) is 0 Å². The number of hydrogen-bond acceptors (Lipinski definition) is 2. The van der Waals surface area contributed by atoms with Crippen molar-refractivity contribution in [2.45, 2.75) is 51.6 Å². The molecule has 0 radical (unpaired) electrons. The first-order valence-electron chi connectivity index (χ1n) is 7.43. The van der Waals surface area contributed by atoms with Crippen LogP contribution in [0, 0.1) is 0 Å². The highest BCUT2D eigenvalue weighted by Gasteiger charge is 2.26. The Morgan fingerprint density at radius 3 is 2.85 bits per heavy atom. The van der Waals surface area contributed by atoms with Crippen LogP contribution in [0.25, 0.3) is 0 Å². The fourth-order valence-electron chi connectivity index (χ4n) is 2.51. The van der Waals surface area contributed by atoms with Crippen molar-refractivity contribution < 1.29 is 4.74 Å². The largest absolute Gasteiger partial charge is 0.381 e. The predicted octanol–water partition coefficient (Wildman–Crippen LogP) is 4.17. The van der Waals surface area contributed by atoms with Gasteiger partial charge in [0.15, 0.2) is 0 Å². The Bertz CT molecular complexity index is 402. The number of ether oxygens (including phenoxy) is 1. The third-order valence-electron chi connectivity index (χ3n) is 3.76. The van der Waals surface area contributed by atoms with Crippen LogP contribution in [-0.2, 0) is 4.74 Å². The second-order valence-electron chi connectivity index (χ2n) is 5.99. The number of methoxy groups -OCH3 is 1. The van der Waals surface area contributed by atoms with Gasteiger partial charge in [-0.1, -0.05) is 42.5 Å². The number of allylic oxidation sites excluding steroid dienone is 3. The first-order chi connectivity index (χ1) is 9.49. The quantitative estimate of drug-likeness (QED) is 0.704. The van der Waals surface area contributed by atoms with Gasteiger partial charge in [-0.15, -0.1) is 0 Å². The van der Waals surface area contributed by atoms with E-state index in [1.54, 1.807) is 7.11 Å². The van der Waals surface area contributed by atoms with Gasteiger partial charge in [-0.05, 0) is 45.6 Å². The first-order valence-corrected chi connectivity index (χ1v) is 7.43. The van der Waals surface area contributed by atoms with Crippen LogP contribution in [-0.4, -0.2) is 25.3 Å². The van der Waals surface area contributed by atoms with E-state index in [0.717, 1.165) is 13.0 Å². The molecule has 2 nitrogen and oxygen atoms in total. The topological polar surface area (TPSA) is 21.3 Å². The molecule has 0 spiro atoms. The van der Waals surface area contributed by atoms with Crippen LogP contribution in [0.3, 0.4) is 0 Å². The van der Waals surface area contributed by atoms with E-state index in [-0.39, 0.29) is 5.54 Å². The van der Waals surface area contributed by atoms with Crippen LogP contribution >= 0.6 is 0 Å². The lowest BCUT2D eigenvalue weighted by atomic mass is 9.87. The van der Waals surface area contributed by atoms with E-state index >= 15 is 0 Å². The van der Waals surface area contributed by atoms with Crippen LogP contribution in [0.4, 0.5) is 0 Å². The van der Waals surface area contributed by atoms with Gasteiger partial charge in [-0.2, -0.15) is 0 Å². The maximum atomic E-state index is 5.06. The fraction of sp³-hybridized carbons (Fsp3) is 0.556. The second kappa shape index (κ2) is 8.23. The zero-order valence-electron chi connectivity index (χ0n) is 13.4. The molecule has 0 saturated heterocycles. The molecular formula is C18H29NO. The summed E-state index contributed by atoms with van der Waals surface area (Å²) in [5, 5.41) is 3.70. The molecule has 0 aromatic heterocycles. The average molecular weight is 275 g/mol. The summed E-state index contributed by atoms with van der Waals surface area (Å²) in [5.41, 5.74) is 2.73. The van der Waals surface area contributed by atoms with Crippen molar-refractivity contribution in [2.75, 3.05) is 13.7 Å². The van der Waals surface area contributed by atoms with Gasteiger partial charge >= 0.3 is 0 Å². The van der Waals surface area contributed by atoms with Crippen LogP contribution in [0.1, 0.15) is 40.0 Å².